The average molecular weight is 496 g/mol. The van der Waals surface area contributed by atoms with Crippen LogP contribution in [0.25, 0.3) is 11.4 Å². The Bertz CT molecular complexity index is 1170. The highest BCUT2D eigenvalue weighted by Crippen LogP contribution is 2.25. The number of amides is 2. The van der Waals surface area contributed by atoms with Gasteiger partial charge in [0.1, 0.15) is 18.4 Å². The van der Waals surface area contributed by atoms with Crippen molar-refractivity contribution in [2.75, 3.05) is 13.2 Å². The zero-order valence-electron chi connectivity index (χ0n) is 20.6. The lowest BCUT2D eigenvalue weighted by Crippen LogP contribution is -2.51. The van der Waals surface area contributed by atoms with E-state index in [0.29, 0.717) is 17.7 Å². The van der Waals surface area contributed by atoms with Crippen molar-refractivity contribution >= 4 is 11.8 Å². The Labute approximate surface area is 208 Å². The first-order valence-electron chi connectivity index (χ1n) is 11.9. The Hall–Kier alpha value is -3.73. The molecule has 0 saturated carbocycles. The third kappa shape index (κ3) is 6.48. The molecule has 0 spiro atoms. The second kappa shape index (κ2) is 10.9. The van der Waals surface area contributed by atoms with Gasteiger partial charge in [0, 0.05) is 36.6 Å². The van der Waals surface area contributed by atoms with E-state index in [2.05, 4.69) is 25.7 Å². The monoisotopic (exact) mass is 495 g/mol. The van der Waals surface area contributed by atoms with Crippen LogP contribution in [0.4, 0.5) is 4.39 Å². The molecular formula is C25H30FN7O3. The molecule has 3 aromatic rings. The van der Waals surface area contributed by atoms with Gasteiger partial charge in [-0.05, 0) is 80.8 Å². The van der Waals surface area contributed by atoms with Crippen molar-refractivity contribution in [3.63, 3.8) is 0 Å². The molecule has 2 amide bonds. The smallest absolute Gasteiger partial charge is 0.247 e. The molecule has 2 aromatic heterocycles. The Kier molecular flexibility index (Phi) is 7.68. The second-order valence-corrected chi connectivity index (χ2v) is 9.75. The maximum absolute atomic E-state index is 13.7. The maximum Gasteiger partial charge on any atom is 0.247 e. The van der Waals surface area contributed by atoms with Crippen LogP contribution in [0.1, 0.15) is 45.2 Å². The summed E-state index contributed by atoms with van der Waals surface area (Å²) in [7, 11) is 0. The Morgan fingerprint density at radius 3 is 2.56 bits per heavy atom. The summed E-state index contributed by atoms with van der Waals surface area (Å²) in [6.07, 6.45) is 4.69. The number of hydrogen-bond acceptors (Lipinski definition) is 7. The van der Waals surface area contributed by atoms with Crippen LogP contribution in [0.3, 0.4) is 0 Å². The number of nitrogens with one attached hydrogen (secondary N) is 1. The molecule has 4 rings (SSSR count). The van der Waals surface area contributed by atoms with E-state index >= 15 is 0 Å². The van der Waals surface area contributed by atoms with Crippen LogP contribution < -0.4 is 5.32 Å². The third-order valence-corrected chi connectivity index (χ3v) is 5.66. The molecule has 3 heterocycles. The molecule has 10 nitrogen and oxygen atoms in total. The summed E-state index contributed by atoms with van der Waals surface area (Å²) in [4.78, 5) is 33.9. The highest BCUT2D eigenvalue weighted by Gasteiger charge is 2.35. The van der Waals surface area contributed by atoms with Gasteiger partial charge in [0.2, 0.25) is 17.6 Å². The molecular weight excluding hydrogens is 465 g/mol. The Morgan fingerprint density at radius 1 is 1.19 bits per heavy atom. The van der Waals surface area contributed by atoms with Gasteiger partial charge in [0.25, 0.3) is 0 Å². The fraction of sp³-hybridized carbons (Fsp3) is 0.440. The van der Waals surface area contributed by atoms with Gasteiger partial charge in [-0.3, -0.25) is 14.6 Å². The van der Waals surface area contributed by atoms with Gasteiger partial charge in [-0.15, -0.1) is 10.2 Å². The summed E-state index contributed by atoms with van der Waals surface area (Å²) < 4.78 is 19.1. The molecule has 1 N–H and O–H groups in total. The number of aromatic nitrogens is 5. The molecule has 1 aliphatic heterocycles. The van der Waals surface area contributed by atoms with Crippen molar-refractivity contribution < 1.29 is 18.7 Å². The molecule has 0 aliphatic carbocycles. The van der Waals surface area contributed by atoms with Crippen LogP contribution in [-0.2, 0) is 20.9 Å². The fourth-order valence-corrected chi connectivity index (χ4v) is 4.05. The SMILES string of the molecule is CC(C)(C)NC(=O)[C@@H](c1ccncc1)N(C[C@H]1CCCO1)C(=O)Cn1nnc(-c2ccc(F)cc2)n1. The number of carbonyl (C=O) groups excluding carboxylic acids is 2. The quantitative estimate of drug-likeness (QED) is 0.511. The summed E-state index contributed by atoms with van der Waals surface area (Å²) in [5, 5.41) is 15.3. The van der Waals surface area contributed by atoms with E-state index in [-0.39, 0.29) is 42.6 Å². The predicted molar refractivity (Wildman–Crippen MR) is 129 cm³/mol. The summed E-state index contributed by atoms with van der Waals surface area (Å²) in [5.41, 5.74) is 0.709. The van der Waals surface area contributed by atoms with E-state index in [9.17, 15) is 14.0 Å². The zero-order valence-corrected chi connectivity index (χ0v) is 20.6. The van der Waals surface area contributed by atoms with Gasteiger partial charge in [0.15, 0.2) is 0 Å². The number of hydrogen-bond donors (Lipinski definition) is 1. The lowest BCUT2D eigenvalue weighted by atomic mass is 10.0. The number of pyridine rings is 1. The van der Waals surface area contributed by atoms with E-state index in [1.165, 1.54) is 21.8 Å². The summed E-state index contributed by atoms with van der Waals surface area (Å²) in [5.74, 6) is -0.774. The average Bonchev–Trinajstić information content (AvgIpc) is 3.51. The topological polar surface area (TPSA) is 115 Å². The van der Waals surface area contributed by atoms with E-state index in [1.54, 1.807) is 36.7 Å². The van der Waals surface area contributed by atoms with E-state index < -0.39 is 11.6 Å². The van der Waals surface area contributed by atoms with Crippen LogP contribution in [0.2, 0.25) is 0 Å². The molecule has 1 saturated heterocycles. The number of nitrogens with zero attached hydrogens (tertiary/aromatic N) is 6. The van der Waals surface area contributed by atoms with E-state index in [4.69, 9.17) is 4.74 Å². The van der Waals surface area contributed by atoms with Crippen LogP contribution in [0, 0.1) is 5.82 Å². The van der Waals surface area contributed by atoms with E-state index in [0.717, 1.165) is 12.8 Å². The number of carbonyl (C=O) groups is 2. The van der Waals surface area contributed by atoms with Gasteiger partial charge in [-0.25, -0.2) is 4.39 Å². The molecule has 36 heavy (non-hydrogen) atoms. The number of tetrazole rings is 1. The van der Waals surface area contributed by atoms with Gasteiger partial charge < -0.3 is 15.0 Å². The number of ether oxygens (including phenoxy) is 1. The van der Waals surface area contributed by atoms with Crippen LogP contribution in [0.15, 0.2) is 48.8 Å². The van der Waals surface area contributed by atoms with Crippen molar-refractivity contribution in [1.82, 2.24) is 35.4 Å². The minimum atomic E-state index is -0.899. The standard InChI is InChI=1S/C25H30FN7O3/c1-25(2,3)28-24(35)22(17-10-12-27-13-11-17)32(15-20-5-4-14-36-20)21(34)16-33-30-23(29-31-33)18-6-8-19(26)9-7-18/h6-13,20,22H,4-5,14-16H2,1-3H3,(H,28,35)/t20-,22-/m1/s1. The normalized spacial score (nSPS) is 16.5. The van der Waals surface area contributed by atoms with Crippen LogP contribution in [0.5, 0.6) is 0 Å². The first-order valence-corrected chi connectivity index (χ1v) is 11.9. The van der Waals surface area contributed by atoms with Gasteiger partial charge in [0.05, 0.1) is 6.10 Å². The van der Waals surface area contributed by atoms with Crippen molar-refractivity contribution in [1.29, 1.82) is 0 Å². The summed E-state index contributed by atoms with van der Waals surface area (Å²) in [6, 6.07) is 8.24. The van der Waals surface area contributed by atoms with Crippen LogP contribution >= 0.6 is 0 Å². The molecule has 0 unspecified atom stereocenters. The molecule has 1 fully saturated rings. The van der Waals surface area contributed by atoms with Crippen LogP contribution in [-0.4, -0.2) is 66.7 Å². The number of rotatable bonds is 8. The molecule has 11 heteroatoms. The molecule has 0 radical (unpaired) electrons. The molecule has 2 atom stereocenters. The Morgan fingerprint density at radius 2 is 1.92 bits per heavy atom. The second-order valence-electron chi connectivity index (χ2n) is 9.75. The fourth-order valence-electron chi connectivity index (χ4n) is 4.05. The minimum Gasteiger partial charge on any atom is -0.376 e. The van der Waals surface area contributed by atoms with Crippen molar-refractivity contribution in [2.45, 2.75) is 57.8 Å². The first-order chi connectivity index (χ1) is 17.2. The molecule has 1 aromatic carbocycles. The van der Waals surface area contributed by atoms with Gasteiger partial charge >= 0.3 is 0 Å². The molecule has 1 aliphatic rings. The van der Waals surface area contributed by atoms with Gasteiger partial charge in [-0.1, -0.05) is 0 Å². The molecule has 190 valence electrons. The largest absolute Gasteiger partial charge is 0.376 e. The summed E-state index contributed by atoms with van der Waals surface area (Å²) in [6.45, 7) is 6.28. The highest BCUT2D eigenvalue weighted by atomic mass is 19.1. The number of halogens is 1. The maximum atomic E-state index is 13.7. The van der Waals surface area contributed by atoms with Crippen molar-refractivity contribution in [3.8, 4) is 11.4 Å². The first kappa shape index (κ1) is 25.4. The van der Waals surface area contributed by atoms with Crippen molar-refractivity contribution in [2.24, 2.45) is 0 Å². The van der Waals surface area contributed by atoms with Gasteiger partial charge in [-0.2, -0.15) is 4.80 Å². The summed E-state index contributed by atoms with van der Waals surface area (Å²) >= 11 is 0. The predicted octanol–water partition coefficient (Wildman–Crippen LogP) is 2.54. The number of benzene rings is 1. The Balaban J connectivity index is 1.62. The third-order valence-electron chi connectivity index (χ3n) is 5.66. The van der Waals surface area contributed by atoms with E-state index in [1.807, 2.05) is 20.8 Å². The zero-order chi connectivity index (χ0) is 25.7. The minimum absolute atomic E-state index is 0.181. The highest BCUT2D eigenvalue weighted by molar-refractivity contribution is 5.89. The lowest BCUT2D eigenvalue weighted by Gasteiger charge is -2.34. The van der Waals surface area contributed by atoms with Crippen molar-refractivity contribution in [3.05, 3.63) is 60.2 Å². The lowest BCUT2D eigenvalue weighted by molar-refractivity contribution is -0.144. The molecule has 0 bridgehead atoms.